The van der Waals surface area contributed by atoms with Crippen LogP contribution in [0.2, 0.25) is 0 Å². The van der Waals surface area contributed by atoms with Gasteiger partial charge in [-0.3, -0.25) is 5.41 Å². The molecular weight excluding hydrogens is 266 g/mol. The first kappa shape index (κ1) is 12.8. The fraction of sp³-hybridized carbons (Fsp3) is 0.0625. The average Bonchev–Trinajstić information content (AvgIpc) is 2.88. The second kappa shape index (κ2) is 5.43. The highest BCUT2D eigenvalue weighted by Gasteiger charge is 2.02. The van der Waals surface area contributed by atoms with Crippen LogP contribution in [0.4, 0.5) is 0 Å². The van der Waals surface area contributed by atoms with Crippen molar-refractivity contribution < 1.29 is 0 Å². The highest BCUT2D eigenvalue weighted by molar-refractivity contribution is 7.98. The number of hydrogen-bond donors (Lipinski definition) is 3. The molecule has 3 aromatic rings. The third kappa shape index (κ3) is 2.70. The lowest BCUT2D eigenvalue weighted by Crippen LogP contribution is -2.10. The Morgan fingerprint density at radius 1 is 1.10 bits per heavy atom. The smallest absolute Gasteiger partial charge is 0.122 e. The van der Waals surface area contributed by atoms with E-state index in [-0.39, 0.29) is 5.84 Å². The predicted octanol–water partition coefficient (Wildman–Crippen LogP) is 3.74. The molecule has 0 atom stereocenters. The first-order valence-corrected chi connectivity index (χ1v) is 7.35. The highest BCUT2D eigenvalue weighted by atomic mass is 32.2. The summed E-state index contributed by atoms with van der Waals surface area (Å²) >= 11 is 1.77. The minimum absolute atomic E-state index is 0.111. The standard InChI is InChI=1S/C16H15N3S/c17-16(18)12-7-5-11(6-8-12)10-20-15-9-13-3-1-2-4-14(13)19-15/h1-9,19H,10H2,(H3,17,18). The van der Waals surface area contributed by atoms with Crippen LogP contribution in [0, 0.1) is 5.41 Å². The fourth-order valence-corrected chi connectivity index (χ4v) is 2.97. The van der Waals surface area contributed by atoms with E-state index in [0.717, 1.165) is 11.3 Å². The zero-order chi connectivity index (χ0) is 13.9. The third-order valence-corrected chi connectivity index (χ3v) is 4.17. The Hall–Kier alpha value is -2.20. The van der Waals surface area contributed by atoms with E-state index in [1.807, 2.05) is 36.4 Å². The lowest BCUT2D eigenvalue weighted by atomic mass is 10.1. The number of rotatable bonds is 4. The Balaban J connectivity index is 1.71. The number of aromatic nitrogens is 1. The average molecular weight is 281 g/mol. The van der Waals surface area contributed by atoms with Gasteiger partial charge < -0.3 is 10.7 Å². The summed E-state index contributed by atoms with van der Waals surface area (Å²) < 4.78 is 0. The lowest BCUT2D eigenvalue weighted by Gasteiger charge is -2.02. The molecule has 0 saturated carbocycles. The van der Waals surface area contributed by atoms with Crippen LogP contribution in [0.1, 0.15) is 11.1 Å². The number of amidine groups is 1. The zero-order valence-corrected chi connectivity index (χ0v) is 11.7. The van der Waals surface area contributed by atoms with Gasteiger partial charge in [0.2, 0.25) is 0 Å². The number of nitrogens with two attached hydrogens (primary N) is 1. The molecule has 0 radical (unpaired) electrons. The van der Waals surface area contributed by atoms with Gasteiger partial charge in [0.1, 0.15) is 5.84 Å². The van der Waals surface area contributed by atoms with Crippen molar-refractivity contribution in [3.63, 3.8) is 0 Å². The largest absolute Gasteiger partial charge is 0.384 e. The van der Waals surface area contributed by atoms with Gasteiger partial charge in [-0.05, 0) is 17.7 Å². The van der Waals surface area contributed by atoms with E-state index in [4.69, 9.17) is 11.1 Å². The number of nitrogen functional groups attached to an aromatic ring is 1. The summed E-state index contributed by atoms with van der Waals surface area (Å²) in [7, 11) is 0. The molecule has 4 N–H and O–H groups in total. The first-order chi connectivity index (χ1) is 9.72. The number of aromatic amines is 1. The molecule has 3 nitrogen and oxygen atoms in total. The number of H-pyrrole nitrogens is 1. The molecule has 1 aromatic heterocycles. The quantitative estimate of drug-likeness (QED) is 0.387. The minimum atomic E-state index is 0.111. The van der Waals surface area contributed by atoms with E-state index in [2.05, 4.69) is 23.2 Å². The predicted molar refractivity (Wildman–Crippen MR) is 85.3 cm³/mol. The molecule has 2 aromatic carbocycles. The van der Waals surface area contributed by atoms with Gasteiger partial charge in [0, 0.05) is 22.2 Å². The minimum Gasteiger partial charge on any atom is -0.384 e. The van der Waals surface area contributed by atoms with Gasteiger partial charge in [0.25, 0.3) is 0 Å². The Morgan fingerprint density at radius 3 is 2.55 bits per heavy atom. The number of fused-ring (bicyclic) bond motifs is 1. The van der Waals surface area contributed by atoms with Crippen molar-refractivity contribution in [1.29, 1.82) is 5.41 Å². The maximum Gasteiger partial charge on any atom is 0.122 e. The van der Waals surface area contributed by atoms with Crippen LogP contribution in [-0.2, 0) is 5.75 Å². The van der Waals surface area contributed by atoms with Crippen LogP contribution < -0.4 is 5.73 Å². The van der Waals surface area contributed by atoms with Crippen LogP contribution >= 0.6 is 11.8 Å². The van der Waals surface area contributed by atoms with Gasteiger partial charge in [0.15, 0.2) is 0 Å². The van der Waals surface area contributed by atoms with E-state index in [1.165, 1.54) is 21.5 Å². The van der Waals surface area contributed by atoms with Crippen LogP contribution in [0.15, 0.2) is 59.6 Å². The highest BCUT2D eigenvalue weighted by Crippen LogP contribution is 2.26. The van der Waals surface area contributed by atoms with Gasteiger partial charge in [-0.15, -0.1) is 11.8 Å². The van der Waals surface area contributed by atoms with E-state index in [0.29, 0.717) is 0 Å². The number of para-hydroxylation sites is 1. The first-order valence-electron chi connectivity index (χ1n) is 6.36. The molecule has 100 valence electrons. The Bertz CT molecular complexity index is 711. The number of nitrogens with one attached hydrogen (secondary N) is 2. The van der Waals surface area contributed by atoms with Gasteiger partial charge in [-0.2, -0.15) is 0 Å². The maximum absolute atomic E-state index is 7.37. The molecule has 0 spiro atoms. The van der Waals surface area contributed by atoms with Crippen molar-refractivity contribution in [2.75, 3.05) is 0 Å². The summed E-state index contributed by atoms with van der Waals surface area (Å²) in [6, 6.07) is 18.3. The Kier molecular flexibility index (Phi) is 3.48. The maximum atomic E-state index is 7.37. The molecule has 0 amide bonds. The Labute approximate surface area is 121 Å². The second-order valence-corrected chi connectivity index (χ2v) is 5.64. The molecule has 1 heterocycles. The number of benzene rings is 2. The molecule has 4 heteroatoms. The van der Waals surface area contributed by atoms with E-state index < -0.39 is 0 Å². The molecule has 0 saturated heterocycles. The number of hydrogen-bond acceptors (Lipinski definition) is 2. The van der Waals surface area contributed by atoms with E-state index in [9.17, 15) is 0 Å². The van der Waals surface area contributed by atoms with Gasteiger partial charge in [-0.25, -0.2) is 0 Å². The molecule has 0 aliphatic rings. The summed E-state index contributed by atoms with van der Waals surface area (Å²) in [6.45, 7) is 0. The van der Waals surface area contributed by atoms with Crippen molar-refractivity contribution in [3.8, 4) is 0 Å². The van der Waals surface area contributed by atoms with E-state index in [1.54, 1.807) is 11.8 Å². The van der Waals surface area contributed by atoms with Gasteiger partial charge in [-0.1, -0.05) is 42.5 Å². The molecule has 0 aliphatic carbocycles. The van der Waals surface area contributed by atoms with Crippen LogP contribution in [0.25, 0.3) is 10.9 Å². The summed E-state index contributed by atoms with van der Waals surface area (Å²) in [5, 5.41) is 9.78. The molecule has 0 fully saturated rings. The fourth-order valence-electron chi connectivity index (χ4n) is 2.07. The van der Waals surface area contributed by atoms with E-state index >= 15 is 0 Å². The lowest BCUT2D eigenvalue weighted by molar-refractivity contribution is 1.23. The van der Waals surface area contributed by atoms with Crippen LogP contribution in [0.3, 0.4) is 0 Å². The summed E-state index contributed by atoms with van der Waals surface area (Å²) in [5.41, 5.74) is 8.60. The Morgan fingerprint density at radius 2 is 1.85 bits per heavy atom. The van der Waals surface area contributed by atoms with Crippen molar-refractivity contribution in [1.82, 2.24) is 4.98 Å². The van der Waals surface area contributed by atoms with Crippen LogP contribution in [-0.4, -0.2) is 10.8 Å². The molecule has 0 unspecified atom stereocenters. The SMILES string of the molecule is N=C(N)c1ccc(CSc2cc3ccccc3[nH]2)cc1. The summed E-state index contributed by atoms with van der Waals surface area (Å²) in [5.74, 6) is 1.00. The molecule has 0 aliphatic heterocycles. The van der Waals surface area contributed by atoms with Gasteiger partial charge >= 0.3 is 0 Å². The molecule has 0 bridgehead atoms. The molecule has 3 rings (SSSR count). The van der Waals surface area contributed by atoms with Gasteiger partial charge in [0.05, 0.1) is 5.03 Å². The van der Waals surface area contributed by atoms with Crippen molar-refractivity contribution in [2.24, 2.45) is 5.73 Å². The number of thioether (sulfide) groups is 1. The summed E-state index contributed by atoms with van der Waals surface area (Å²) in [6.07, 6.45) is 0. The van der Waals surface area contributed by atoms with Crippen molar-refractivity contribution >= 4 is 28.5 Å². The topological polar surface area (TPSA) is 65.7 Å². The van der Waals surface area contributed by atoms with Crippen molar-refractivity contribution in [2.45, 2.75) is 10.8 Å². The molecular formula is C16H15N3S. The summed E-state index contributed by atoms with van der Waals surface area (Å²) in [4.78, 5) is 3.40. The third-order valence-electron chi connectivity index (χ3n) is 3.16. The van der Waals surface area contributed by atoms with Crippen LogP contribution in [0.5, 0.6) is 0 Å². The second-order valence-electron chi connectivity index (χ2n) is 4.62. The normalized spacial score (nSPS) is 10.8. The monoisotopic (exact) mass is 281 g/mol. The zero-order valence-electron chi connectivity index (χ0n) is 10.9. The molecule has 20 heavy (non-hydrogen) atoms. The van der Waals surface area contributed by atoms with Crippen molar-refractivity contribution in [3.05, 3.63) is 65.7 Å².